The largest absolute Gasteiger partial charge is 0.382 e. The van der Waals surface area contributed by atoms with Crippen LogP contribution in [0.4, 0.5) is 10.1 Å². The van der Waals surface area contributed by atoms with Crippen molar-refractivity contribution in [1.29, 1.82) is 0 Å². The monoisotopic (exact) mass is 300 g/mol. The van der Waals surface area contributed by atoms with Crippen LogP contribution >= 0.6 is 15.9 Å². The Bertz CT molecular complexity index is 384. The van der Waals surface area contributed by atoms with E-state index in [4.69, 9.17) is 5.73 Å². The lowest BCUT2D eigenvalue weighted by Crippen LogP contribution is -2.36. The zero-order valence-electron chi connectivity index (χ0n) is 9.76. The van der Waals surface area contributed by atoms with E-state index < -0.39 is 0 Å². The number of hydrogen-bond acceptors (Lipinski definition) is 2. The fraction of sp³-hybridized carbons (Fsp3) is 0.538. The zero-order valence-corrected chi connectivity index (χ0v) is 11.3. The van der Waals surface area contributed by atoms with E-state index in [0.29, 0.717) is 23.0 Å². The molecule has 0 spiro atoms. The van der Waals surface area contributed by atoms with Gasteiger partial charge in [0.2, 0.25) is 0 Å². The molecule has 0 heterocycles. The van der Waals surface area contributed by atoms with Gasteiger partial charge in [0.05, 0.1) is 4.47 Å². The van der Waals surface area contributed by atoms with Crippen molar-refractivity contribution in [3.8, 4) is 0 Å². The lowest BCUT2D eigenvalue weighted by atomic mass is 9.84. The summed E-state index contributed by atoms with van der Waals surface area (Å²) < 4.78 is 13.9. The van der Waals surface area contributed by atoms with Gasteiger partial charge in [0.25, 0.3) is 0 Å². The summed E-state index contributed by atoms with van der Waals surface area (Å²) in [6.45, 7) is 0.705. The average molecular weight is 301 g/mol. The summed E-state index contributed by atoms with van der Waals surface area (Å²) in [7, 11) is 0. The quantitative estimate of drug-likeness (QED) is 0.896. The van der Waals surface area contributed by atoms with Crippen molar-refractivity contribution in [2.45, 2.75) is 31.7 Å². The molecule has 1 aliphatic rings. The molecule has 0 aromatic heterocycles. The summed E-state index contributed by atoms with van der Waals surface area (Å²) >= 11 is 3.16. The minimum absolute atomic E-state index is 0.227. The summed E-state index contributed by atoms with van der Waals surface area (Å²) in [6, 6.07) is 5.55. The minimum atomic E-state index is -0.227. The normalized spacial score (nSPS) is 24.6. The van der Waals surface area contributed by atoms with E-state index in [2.05, 4.69) is 21.2 Å². The van der Waals surface area contributed by atoms with Gasteiger partial charge in [-0.3, -0.25) is 0 Å². The van der Waals surface area contributed by atoms with E-state index in [9.17, 15) is 4.39 Å². The van der Waals surface area contributed by atoms with E-state index in [-0.39, 0.29) is 5.82 Å². The van der Waals surface area contributed by atoms with Crippen LogP contribution in [-0.2, 0) is 0 Å². The second-order valence-electron chi connectivity index (χ2n) is 4.66. The van der Waals surface area contributed by atoms with Crippen molar-refractivity contribution in [2.75, 3.05) is 11.9 Å². The van der Waals surface area contributed by atoms with Gasteiger partial charge in [-0.1, -0.05) is 12.8 Å². The van der Waals surface area contributed by atoms with E-state index in [1.54, 1.807) is 6.07 Å². The van der Waals surface area contributed by atoms with Crippen molar-refractivity contribution >= 4 is 21.6 Å². The number of rotatable bonds is 3. The lowest BCUT2D eigenvalue weighted by Gasteiger charge is -2.32. The molecule has 17 heavy (non-hydrogen) atoms. The minimum Gasteiger partial charge on any atom is -0.382 e. The topological polar surface area (TPSA) is 38.0 Å². The van der Waals surface area contributed by atoms with E-state index in [1.807, 2.05) is 6.07 Å². The van der Waals surface area contributed by atoms with Crippen LogP contribution in [0, 0.1) is 11.7 Å². The summed E-state index contributed by atoms with van der Waals surface area (Å²) in [6.07, 6.45) is 4.79. The molecule has 1 fully saturated rings. The highest BCUT2D eigenvalue weighted by Crippen LogP contribution is 2.27. The molecule has 2 rings (SSSR count). The summed E-state index contributed by atoms with van der Waals surface area (Å²) in [5, 5.41) is 3.41. The van der Waals surface area contributed by atoms with Gasteiger partial charge in [-0.05, 0) is 59.4 Å². The number of nitrogens with one attached hydrogen (secondary N) is 1. The Kier molecular flexibility index (Phi) is 4.40. The Balaban J connectivity index is 2.05. The second kappa shape index (κ2) is 5.83. The van der Waals surface area contributed by atoms with Gasteiger partial charge in [-0.25, -0.2) is 4.39 Å². The van der Waals surface area contributed by atoms with Crippen molar-refractivity contribution in [3.63, 3.8) is 0 Å². The molecule has 4 heteroatoms. The number of halogens is 2. The summed E-state index contributed by atoms with van der Waals surface area (Å²) in [5.41, 5.74) is 6.62. The number of benzene rings is 1. The van der Waals surface area contributed by atoms with Gasteiger partial charge in [0.15, 0.2) is 0 Å². The van der Waals surface area contributed by atoms with E-state index in [1.165, 1.54) is 25.3 Å². The van der Waals surface area contributed by atoms with Gasteiger partial charge in [-0.2, -0.15) is 0 Å². The van der Waals surface area contributed by atoms with Crippen LogP contribution in [0.15, 0.2) is 22.7 Å². The van der Waals surface area contributed by atoms with Crippen LogP contribution in [0.25, 0.3) is 0 Å². The third kappa shape index (κ3) is 3.19. The first-order valence-electron chi connectivity index (χ1n) is 6.12. The van der Waals surface area contributed by atoms with Crippen molar-refractivity contribution in [3.05, 3.63) is 28.5 Å². The maximum Gasteiger partial charge on any atom is 0.139 e. The molecule has 1 aromatic rings. The molecule has 0 bridgehead atoms. The van der Waals surface area contributed by atoms with E-state index >= 15 is 0 Å². The lowest BCUT2D eigenvalue weighted by molar-refractivity contribution is 0.332. The first kappa shape index (κ1) is 12.8. The van der Waals surface area contributed by atoms with Gasteiger partial charge in [0, 0.05) is 11.7 Å². The fourth-order valence-corrected chi connectivity index (χ4v) is 2.73. The van der Waals surface area contributed by atoms with Crippen LogP contribution in [0.5, 0.6) is 0 Å². The molecule has 2 atom stereocenters. The van der Waals surface area contributed by atoms with Crippen LogP contribution in [0.3, 0.4) is 0 Å². The van der Waals surface area contributed by atoms with Crippen LogP contribution in [0.2, 0.25) is 0 Å². The van der Waals surface area contributed by atoms with Crippen molar-refractivity contribution < 1.29 is 4.39 Å². The summed E-state index contributed by atoms with van der Waals surface area (Å²) in [4.78, 5) is 0. The van der Waals surface area contributed by atoms with E-state index in [0.717, 1.165) is 12.1 Å². The summed E-state index contributed by atoms with van der Waals surface area (Å²) in [5.74, 6) is 0.283. The molecule has 0 saturated heterocycles. The van der Waals surface area contributed by atoms with Crippen molar-refractivity contribution in [2.24, 2.45) is 11.7 Å². The molecule has 0 aliphatic heterocycles. The Morgan fingerprint density at radius 1 is 1.35 bits per heavy atom. The van der Waals surface area contributed by atoms with Crippen LogP contribution < -0.4 is 11.1 Å². The molecule has 1 aromatic carbocycles. The molecule has 0 radical (unpaired) electrons. The van der Waals surface area contributed by atoms with Crippen molar-refractivity contribution in [1.82, 2.24) is 0 Å². The Morgan fingerprint density at radius 2 is 2.12 bits per heavy atom. The molecule has 2 nitrogen and oxygen atoms in total. The standard InChI is InChI=1S/C13H18BrFN2/c14-11-6-5-10(7-12(11)15)17-13-4-2-1-3-9(13)8-16/h5-7,9,13,17H,1-4,8,16H2. The predicted molar refractivity (Wildman–Crippen MR) is 72.5 cm³/mol. The molecule has 2 unspecified atom stereocenters. The SMILES string of the molecule is NCC1CCCCC1Nc1ccc(Br)c(F)c1. The molecule has 1 saturated carbocycles. The number of hydrogen-bond donors (Lipinski definition) is 2. The zero-order chi connectivity index (χ0) is 12.3. The molecule has 0 amide bonds. The third-order valence-corrected chi connectivity index (χ3v) is 4.13. The molecule has 3 N–H and O–H groups in total. The molecule has 94 valence electrons. The highest BCUT2D eigenvalue weighted by molar-refractivity contribution is 9.10. The van der Waals surface area contributed by atoms with Crippen LogP contribution in [-0.4, -0.2) is 12.6 Å². The highest BCUT2D eigenvalue weighted by Gasteiger charge is 2.23. The maximum absolute atomic E-state index is 13.4. The molecular weight excluding hydrogens is 283 g/mol. The third-order valence-electron chi connectivity index (χ3n) is 3.48. The Hall–Kier alpha value is -0.610. The van der Waals surface area contributed by atoms with Gasteiger partial charge < -0.3 is 11.1 Å². The van der Waals surface area contributed by atoms with Gasteiger partial charge in [-0.15, -0.1) is 0 Å². The average Bonchev–Trinajstić information content (AvgIpc) is 2.34. The van der Waals surface area contributed by atoms with Crippen LogP contribution in [0.1, 0.15) is 25.7 Å². The smallest absolute Gasteiger partial charge is 0.139 e. The second-order valence-corrected chi connectivity index (χ2v) is 5.51. The Labute approximate surface area is 110 Å². The maximum atomic E-state index is 13.4. The highest BCUT2D eigenvalue weighted by atomic mass is 79.9. The number of nitrogens with two attached hydrogens (primary N) is 1. The van der Waals surface area contributed by atoms with Gasteiger partial charge in [0.1, 0.15) is 5.82 Å². The molecular formula is C13H18BrFN2. The predicted octanol–water partition coefficient (Wildman–Crippen LogP) is 3.52. The first-order valence-corrected chi connectivity index (χ1v) is 6.91. The van der Waals surface area contributed by atoms with Gasteiger partial charge >= 0.3 is 0 Å². The number of anilines is 1. The first-order chi connectivity index (χ1) is 8.20. The molecule has 1 aliphatic carbocycles. The fourth-order valence-electron chi connectivity index (χ4n) is 2.48. The Morgan fingerprint density at radius 3 is 2.82 bits per heavy atom.